The van der Waals surface area contributed by atoms with E-state index in [4.69, 9.17) is 9.15 Å². The number of furan rings is 1. The molecule has 1 aromatic carbocycles. The Balaban J connectivity index is 1.57. The highest BCUT2D eigenvalue weighted by atomic mass is 16.5. The standard InChI is InChI=1S/C23H30N2O5/c1-29-20-13-16(7-8-19(20)26)22-18-6-2-3-9-23(18,28)10-11-25(22)15-21(27)24-14-17-5-4-12-30-17/h4-5,7-8,12-13,18,22,26,28H,2-3,6,9-11,14-15H2,1H3,(H,24,27)/p+1/t18-,22-,23-/m0/s1. The molecule has 0 radical (unpaired) electrons. The predicted octanol–water partition coefficient (Wildman–Crippen LogP) is 1.56. The third-order valence-electron chi connectivity index (χ3n) is 6.78. The number of nitrogens with one attached hydrogen (secondary N) is 2. The number of phenols is 1. The second-order valence-corrected chi connectivity index (χ2v) is 8.56. The lowest BCUT2D eigenvalue weighted by atomic mass is 9.66. The average Bonchev–Trinajstić information content (AvgIpc) is 3.26. The molecule has 0 bridgehead atoms. The third kappa shape index (κ3) is 4.18. The van der Waals surface area contributed by atoms with Gasteiger partial charge in [0.15, 0.2) is 18.0 Å². The van der Waals surface area contributed by atoms with Crippen molar-refractivity contribution in [3.8, 4) is 11.5 Å². The van der Waals surface area contributed by atoms with E-state index in [-0.39, 0.29) is 23.6 Å². The van der Waals surface area contributed by atoms with Crippen molar-refractivity contribution in [1.82, 2.24) is 5.32 Å². The number of rotatable bonds is 6. The van der Waals surface area contributed by atoms with Crippen LogP contribution in [0, 0.1) is 5.92 Å². The molecule has 1 saturated heterocycles. The van der Waals surface area contributed by atoms with Crippen molar-refractivity contribution in [3.05, 3.63) is 47.9 Å². The Morgan fingerprint density at radius 3 is 2.97 bits per heavy atom. The minimum Gasteiger partial charge on any atom is -0.504 e. The van der Waals surface area contributed by atoms with Crippen LogP contribution in [0.2, 0.25) is 0 Å². The Morgan fingerprint density at radius 1 is 1.33 bits per heavy atom. The highest BCUT2D eigenvalue weighted by Gasteiger charge is 2.52. The lowest BCUT2D eigenvalue weighted by Gasteiger charge is -2.50. The first kappa shape index (κ1) is 20.8. The van der Waals surface area contributed by atoms with Crippen LogP contribution in [-0.2, 0) is 11.3 Å². The van der Waals surface area contributed by atoms with Gasteiger partial charge in [0.25, 0.3) is 5.91 Å². The molecule has 1 aliphatic heterocycles. The molecule has 0 spiro atoms. The Hall–Kier alpha value is -2.51. The number of fused-ring (bicyclic) bond motifs is 1. The summed E-state index contributed by atoms with van der Waals surface area (Å²) in [5, 5.41) is 24.3. The molecule has 2 fully saturated rings. The van der Waals surface area contributed by atoms with Gasteiger partial charge in [-0.2, -0.15) is 0 Å². The zero-order valence-electron chi connectivity index (χ0n) is 17.4. The van der Waals surface area contributed by atoms with Gasteiger partial charge in [-0.1, -0.05) is 12.8 Å². The van der Waals surface area contributed by atoms with Crippen molar-refractivity contribution in [2.24, 2.45) is 5.92 Å². The van der Waals surface area contributed by atoms with Crippen molar-refractivity contribution in [3.63, 3.8) is 0 Å². The van der Waals surface area contributed by atoms with Gasteiger partial charge < -0.3 is 29.6 Å². The summed E-state index contributed by atoms with van der Waals surface area (Å²) in [5.74, 6) is 1.26. The van der Waals surface area contributed by atoms with Gasteiger partial charge in [0.05, 0.1) is 32.1 Å². The highest BCUT2D eigenvalue weighted by Crippen LogP contribution is 2.45. The van der Waals surface area contributed by atoms with Crippen LogP contribution >= 0.6 is 0 Å². The molecule has 7 nitrogen and oxygen atoms in total. The van der Waals surface area contributed by atoms with Crippen molar-refractivity contribution < 1.29 is 29.1 Å². The number of quaternary nitrogens is 1. The van der Waals surface area contributed by atoms with E-state index in [0.29, 0.717) is 25.3 Å². The molecule has 1 unspecified atom stereocenters. The van der Waals surface area contributed by atoms with Crippen LogP contribution in [0.1, 0.15) is 49.5 Å². The quantitative estimate of drug-likeness (QED) is 0.574. The molecule has 1 aromatic heterocycles. The molecule has 4 atom stereocenters. The maximum Gasteiger partial charge on any atom is 0.275 e. The number of carbonyl (C=O) groups is 1. The lowest BCUT2D eigenvalue weighted by Crippen LogP contribution is -3.16. The van der Waals surface area contributed by atoms with Gasteiger partial charge in [0.1, 0.15) is 11.8 Å². The van der Waals surface area contributed by atoms with Gasteiger partial charge in [0, 0.05) is 17.9 Å². The highest BCUT2D eigenvalue weighted by molar-refractivity contribution is 5.76. The summed E-state index contributed by atoms with van der Waals surface area (Å²) in [4.78, 5) is 13.8. The number of phenolic OH excluding ortho intramolecular Hbond substituents is 1. The van der Waals surface area contributed by atoms with E-state index in [9.17, 15) is 15.0 Å². The minimum absolute atomic E-state index is 0.0343. The SMILES string of the molecule is COc1cc([C@H]2[C@@H]3CCCC[C@]3(O)CC[NH+]2CC(=O)NCc2ccco2)ccc1O. The maximum absolute atomic E-state index is 12.7. The summed E-state index contributed by atoms with van der Waals surface area (Å²) >= 11 is 0. The Bertz CT molecular complexity index is 868. The number of piperidine rings is 1. The second-order valence-electron chi connectivity index (χ2n) is 8.56. The molecule has 4 N–H and O–H groups in total. The van der Waals surface area contributed by atoms with Crippen LogP contribution < -0.4 is 15.0 Å². The number of carbonyl (C=O) groups excluding carboxylic acids is 1. The number of aliphatic hydroxyl groups is 1. The van der Waals surface area contributed by atoms with Crippen molar-refractivity contribution in [1.29, 1.82) is 0 Å². The van der Waals surface area contributed by atoms with Gasteiger partial charge in [-0.25, -0.2) is 0 Å². The monoisotopic (exact) mass is 415 g/mol. The van der Waals surface area contributed by atoms with E-state index in [2.05, 4.69) is 5.32 Å². The normalized spacial score (nSPS) is 28.5. The van der Waals surface area contributed by atoms with Crippen LogP contribution in [0.25, 0.3) is 0 Å². The molecule has 2 heterocycles. The van der Waals surface area contributed by atoms with Crippen molar-refractivity contribution in [2.75, 3.05) is 20.2 Å². The third-order valence-corrected chi connectivity index (χ3v) is 6.78. The summed E-state index contributed by atoms with van der Waals surface area (Å²) < 4.78 is 10.6. The fourth-order valence-electron chi connectivity index (χ4n) is 5.28. The number of ether oxygens (including phenoxy) is 1. The number of hydrogen-bond acceptors (Lipinski definition) is 5. The molecule has 2 aromatic rings. The smallest absolute Gasteiger partial charge is 0.275 e. The molecule has 2 aliphatic rings. The Labute approximate surface area is 176 Å². The predicted molar refractivity (Wildman–Crippen MR) is 110 cm³/mol. The molecule has 4 rings (SSSR count). The van der Waals surface area contributed by atoms with E-state index in [1.54, 1.807) is 18.4 Å². The summed E-state index contributed by atoms with van der Waals surface area (Å²) in [6.45, 7) is 1.40. The topological polar surface area (TPSA) is 96.4 Å². The molecule has 7 heteroatoms. The molecule has 30 heavy (non-hydrogen) atoms. The Morgan fingerprint density at radius 2 is 2.20 bits per heavy atom. The number of hydrogen-bond donors (Lipinski definition) is 4. The number of likely N-dealkylation sites (tertiary alicyclic amines) is 1. The molecule has 1 aliphatic carbocycles. The maximum atomic E-state index is 12.7. The fraction of sp³-hybridized carbons (Fsp3) is 0.522. The van der Waals surface area contributed by atoms with Crippen molar-refractivity contribution in [2.45, 2.75) is 50.3 Å². The molecular weight excluding hydrogens is 384 g/mol. The van der Waals surface area contributed by atoms with Crippen LogP contribution in [0.15, 0.2) is 41.0 Å². The first-order chi connectivity index (χ1) is 14.5. The number of methoxy groups -OCH3 is 1. The summed E-state index contributed by atoms with van der Waals surface area (Å²) in [7, 11) is 1.53. The van der Waals surface area contributed by atoms with Gasteiger partial charge in [0.2, 0.25) is 0 Å². The van der Waals surface area contributed by atoms with Crippen LogP contribution in [-0.4, -0.2) is 41.9 Å². The second kappa shape index (κ2) is 8.70. The van der Waals surface area contributed by atoms with E-state index in [0.717, 1.165) is 48.5 Å². The zero-order chi connectivity index (χ0) is 21.1. The molecule has 1 saturated carbocycles. The van der Waals surface area contributed by atoms with E-state index in [1.807, 2.05) is 18.2 Å². The van der Waals surface area contributed by atoms with Crippen LogP contribution in [0.3, 0.4) is 0 Å². The molecule has 1 amide bonds. The van der Waals surface area contributed by atoms with Gasteiger partial charge in [-0.3, -0.25) is 4.79 Å². The summed E-state index contributed by atoms with van der Waals surface area (Å²) in [5.41, 5.74) is 0.297. The van der Waals surface area contributed by atoms with Crippen molar-refractivity contribution >= 4 is 5.91 Å². The number of amides is 1. The van der Waals surface area contributed by atoms with Gasteiger partial charge >= 0.3 is 0 Å². The summed E-state index contributed by atoms with van der Waals surface area (Å²) in [6.07, 6.45) is 6.15. The van der Waals surface area contributed by atoms with E-state index in [1.165, 1.54) is 7.11 Å². The van der Waals surface area contributed by atoms with Crippen LogP contribution in [0.4, 0.5) is 0 Å². The molecule has 162 valence electrons. The van der Waals surface area contributed by atoms with Crippen LogP contribution in [0.5, 0.6) is 11.5 Å². The van der Waals surface area contributed by atoms with Gasteiger partial charge in [-0.05, 0) is 43.2 Å². The Kier molecular flexibility index (Phi) is 6.01. The minimum atomic E-state index is -0.692. The zero-order valence-corrected chi connectivity index (χ0v) is 17.4. The first-order valence-electron chi connectivity index (χ1n) is 10.7. The molecular formula is C23H31N2O5+. The largest absolute Gasteiger partial charge is 0.504 e. The average molecular weight is 416 g/mol. The number of aromatic hydroxyl groups is 1. The lowest BCUT2D eigenvalue weighted by molar-refractivity contribution is -0.937. The van der Waals surface area contributed by atoms with E-state index >= 15 is 0 Å². The number of benzene rings is 1. The van der Waals surface area contributed by atoms with Gasteiger partial charge in [-0.15, -0.1) is 0 Å². The summed E-state index contributed by atoms with van der Waals surface area (Å²) in [6, 6.07) is 8.98. The first-order valence-corrected chi connectivity index (χ1v) is 10.7. The van der Waals surface area contributed by atoms with E-state index < -0.39 is 5.60 Å². The fourth-order valence-corrected chi connectivity index (χ4v) is 5.28.